The number of carbonyl (C=O) groups is 2. The summed E-state index contributed by atoms with van der Waals surface area (Å²) >= 11 is 0. The molecule has 1 fully saturated rings. The zero-order chi connectivity index (χ0) is 27.6. The number of para-hydroxylation sites is 1. The SMILES string of the molecule is Nc1cccc2c1C(=O)N(c1cc(CN3CCN(CCCO)CC3)ccc1C=Cc1n[nH]c3ccccc13)C2=O. The van der Waals surface area contributed by atoms with E-state index in [-0.39, 0.29) is 18.1 Å². The first-order valence-corrected chi connectivity index (χ1v) is 13.6. The number of anilines is 2. The maximum absolute atomic E-state index is 13.6. The van der Waals surface area contributed by atoms with E-state index >= 15 is 0 Å². The Kier molecular flexibility index (Phi) is 7.17. The molecule has 0 bridgehead atoms. The first kappa shape index (κ1) is 25.9. The zero-order valence-corrected chi connectivity index (χ0v) is 22.2. The minimum atomic E-state index is -0.410. The van der Waals surface area contributed by atoms with Crippen LogP contribution >= 0.6 is 0 Å². The lowest BCUT2D eigenvalue weighted by molar-refractivity contribution is 0.0926. The van der Waals surface area contributed by atoms with Crippen molar-refractivity contribution < 1.29 is 14.7 Å². The van der Waals surface area contributed by atoms with Gasteiger partial charge in [0.25, 0.3) is 11.8 Å². The molecule has 0 saturated carbocycles. The number of carbonyl (C=O) groups excluding carboxylic acids is 2. The monoisotopic (exact) mass is 536 g/mol. The minimum Gasteiger partial charge on any atom is -0.398 e. The summed E-state index contributed by atoms with van der Waals surface area (Å²) in [6.07, 6.45) is 4.58. The highest BCUT2D eigenvalue weighted by atomic mass is 16.3. The van der Waals surface area contributed by atoms with Crippen LogP contribution in [0.1, 0.15) is 44.0 Å². The summed E-state index contributed by atoms with van der Waals surface area (Å²) in [6, 6.07) is 18.8. The predicted octanol–water partition coefficient (Wildman–Crippen LogP) is 3.62. The van der Waals surface area contributed by atoms with Crippen molar-refractivity contribution in [2.24, 2.45) is 0 Å². The van der Waals surface area contributed by atoms with Crippen LogP contribution in [0.5, 0.6) is 0 Å². The number of nitrogen functional groups attached to an aromatic ring is 1. The van der Waals surface area contributed by atoms with Crippen molar-refractivity contribution in [2.75, 3.05) is 50.0 Å². The standard InChI is InChI=1S/C31H32N6O3/c32-25-7-3-6-24-29(25)31(40)37(30(24)39)28-19-21(20-36-16-14-35(15-17-36)13-4-18-38)9-10-22(28)11-12-27-23-5-1-2-8-26(23)33-34-27/h1-3,5-12,19,38H,4,13-18,20,32H2,(H,33,34). The summed E-state index contributed by atoms with van der Waals surface area (Å²) in [7, 11) is 0. The first-order chi connectivity index (χ1) is 19.5. The zero-order valence-electron chi connectivity index (χ0n) is 22.2. The third kappa shape index (κ3) is 4.90. The number of aromatic nitrogens is 2. The molecule has 9 heteroatoms. The van der Waals surface area contributed by atoms with Gasteiger partial charge in [-0.05, 0) is 47.9 Å². The number of hydrogen-bond acceptors (Lipinski definition) is 7. The van der Waals surface area contributed by atoms with Crippen LogP contribution in [0.25, 0.3) is 23.1 Å². The van der Waals surface area contributed by atoms with Gasteiger partial charge in [-0.1, -0.05) is 42.5 Å². The maximum atomic E-state index is 13.6. The highest BCUT2D eigenvalue weighted by Crippen LogP contribution is 2.35. The number of aliphatic hydroxyl groups excluding tert-OH is 1. The van der Waals surface area contributed by atoms with Crippen LogP contribution < -0.4 is 10.6 Å². The van der Waals surface area contributed by atoms with E-state index in [9.17, 15) is 9.59 Å². The van der Waals surface area contributed by atoms with Crippen molar-refractivity contribution in [3.63, 3.8) is 0 Å². The Morgan fingerprint density at radius 1 is 0.925 bits per heavy atom. The van der Waals surface area contributed by atoms with E-state index in [1.165, 1.54) is 4.90 Å². The summed E-state index contributed by atoms with van der Waals surface area (Å²) in [5, 5.41) is 17.6. The molecule has 3 aromatic carbocycles. The van der Waals surface area contributed by atoms with Gasteiger partial charge < -0.3 is 15.7 Å². The largest absolute Gasteiger partial charge is 0.398 e. The second kappa shape index (κ2) is 11.1. The molecular weight excluding hydrogens is 504 g/mol. The quantitative estimate of drug-likeness (QED) is 0.233. The Morgan fingerprint density at radius 2 is 1.73 bits per heavy atom. The van der Waals surface area contributed by atoms with Crippen LogP contribution in [0.3, 0.4) is 0 Å². The lowest BCUT2D eigenvalue weighted by Gasteiger charge is -2.34. The summed E-state index contributed by atoms with van der Waals surface area (Å²) in [6.45, 7) is 5.55. The van der Waals surface area contributed by atoms with E-state index in [0.717, 1.165) is 66.9 Å². The summed E-state index contributed by atoms with van der Waals surface area (Å²) in [5.74, 6) is -0.783. The molecule has 9 nitrogen and oxygen atoms in total. The molecule has 2 aliphatic rings. The molecule has 6 rings (SSSR count). The number of rotatable bonds is 8. The van der Waals surface area contributed by atoms with E-state index in [1.54, 1.807) is 18.2 Å². The van der Waals surface area contributed by atoms with Crippen molar-refractivity contribution in [1.82, 2.24) is 20.0 Å². The molecule has 0 atom stereocenters. The van der Waals surface area contributed by atoms with Gasteiger partial charge in [0.15, 0.2) is 0 Å². The number of hydrogen-bond donors (Lipinski definition) is 3. The van der Waals surface area contributed by atoms with E-state index in [0.29, 0.717) is 23.5 Å². The number of nitrogens with one attached hydrogen (secondary N) is 1. The Hall–Kier alpha value is -4.31. The highest BCUT2D eigenvalue weighted by Gasteiger charge is 2.39. The highest BCUT2D eigenvalue weighted by molar-refractivity contribution is 6.36. The number of fused-ring (bicyclic) bond motifs is 2. The molecule has 4 N–H and O–H groups in total. The smallest absolute Gasteiger partial charge is 0.268 e. The van der Waals surface area contributed by atoms with Crippen LogP contribution in [0, 0.1) is 0 Å². The number of amides is 2. The van der Waals surface area contributed by atoms with Gasteiger partial charge >= 0.3 is 0 Å². The van der Waals surface area contributed by atoms with Crippen LogP contribution in [0.2, 0.25) is 0 Å². The van der Waals surface area contributed by atoms with Crippen LogP contribution in [-0.2, 0) is 6.54 Å². The average Bonchev–Trinajstić information content (AvgIpc) is 3.50. The number of aliphatic hydroxyl groups is 1. The minimum absolute atomic E-state index is 0.212. The van der Waals surface area contributed by atoms with Gasteiger partial charge in [0.05, 0.1) is 28.0 Å². The number of imide groups is 1. The fourth-order valence-electron chi connectivity index (χ4n) is 5.56. The lowest BCUT2D eigenvalue weighted by Crippen LogP contribution is -2.46. The van der Waals surface area contributed by atoms with Crippen molar-refractivity contribution in [3.8, 4) is 0 Å². The second-order valence-corrected chi connectivity index (χ2v) is 10.3. The van der Waals surface area contributed by atoms with Gasteiger partial charge in [-0.15, -0.1) is 0 Å². The molecule has 0 unspecified atom stereocenters. The number of nitrogens with zero attached hydrogens (tertiary/aromatic N) is 4. The van der Waals surface area contributed by atoms with E-state index in [4.69, 9.17) is 10.8 Å². The molecule has 0 spiro atoms. The van der Waals surface area contributed by atoms with Gasteiger partial charge in [-0.25, -0.2) is 4.90 Å². The third-order valence-electron chi connectivity index (χ3n) is 7.71. The first-order valence-electron chi connectivity index (χ1n) is 13.6. The summed E-state index contributed by atoms with van der Waals surface area (Å²) in [5.41, 5.74) is 11.0. The number of benzene rings is 3. The normalized spacial score (nSPS) is 16.5. The van der Waals surface area contributed by atoms with Crippen molar-refractivity contribution in [3.05, 3.63) is 88.6 Å². The molecule has 4 aromatic rings. The van der Waals surface area contributed by atoms with Crippen molar-refractivity contribution in [2.45, 2.75) is 13.0 Å². The molecule has 40 heavy (non-hydrogen) atoms. The Morgan fingerprint density at radius 3 is 2.52 bits per heavy atom. The maximum Gasteiger partial charge on any atom is 0.268 e. The molecule has 2 aliphatic heterocycles. The van der Waals surface area contributed by atoms with Crippen molar-refractivity contribution in [1.29, 1.82) is 0 Å². The predicted molar refractivity (Wildman–Crippen MR) is 157 cm³/mol. The van der Waals surface area contributed by atoms with Gasteiger partial charge in [0.1, 0.15) is 0 Å². The van der Waals surface area contributed by atoms with Gasteiger partial charge in [-0.2, -0.15) is 5.10 Å². The molecule has 1 aromatic heterocycles. The Bertz CT molecular complexity index is 1600. The van der Waals surface area contributed by atoms with Crippen LogP contribution in [-0.4, -0.2) is 76.2 Å². The number of H-pyrrole nitrogens is 1. The number of nitrogens with two attached hydrogens (primary N) is 1. The lowest BCUT2D eigenvalue weighted by atomic mass is 10.1. The van der Waals surface area contributed by atoms with Gasteiger partial charge in [0, 0.05) is 56.9 Å². The molecule has 0 aliphatic carbocycles. The van der Waals surface area contributed by atoms with Gasteiger partial charge in [0.2, 0.25) is 0 Å². The third-order valence-corrected chi connectivity index (χ3v) is 7.71. The molecule has 2 amide bonds. The van der Waals surface area contributed by atoms with Gasteiger partial charge in [-0.3, -0.25) is 19.6 Å². The molecule has 3 heterocycles. The van der Waals surface area contributed by atoms with E-state index < -0.39 is 5.91 Å². The Labute approximate surface area is 232 Å². The summed E-state index contributed by atoms with van der Waals surface area (Å²) < 4.78 is 0. The van der Waals surface area contributed by atoms with E-state index in [2.05, 4.69) is 26.1 Å². The fraction of sp³-hybridized carbons (Fsp3) is 0.258. The topological polar surface area (TPSA) is 119 Å². The molecular formula is C31H32N6O3. The van der Waals surface area contributed by atoms with Crippen molar-refractivity contribution >= 4 is 46.2 Å². The van der Waals surface area contributed by atoms with E-state index in [1.807, 2.05) is 48.6 Å². The average molecular weight is 537 g/mol. The second-order valence-electron chi connectivity index (χ2n) is 10.3. The summed E-state index contributed by atoms with van der Waals surface area (Å²) in [4.78, 5) is 33.1. The molecule has 0 radical (unpaired) electrons. The Balaban J connectivity index is 1.32. The van der Waals surface area contributed by atoms with Crippen LogP contribution in [0.4, 0.5) is 11.4 Å². The molecule has 204 valence electrons. The number of aromatic amines is 1. The van der Waals surface area contributed by atoms with Crippen LogP contribution in [0.15, 0.2) is 60.7 Å². The fourth-order valence-corrected chi connectivity index (χ4v) is 5.56. The molecule has 1 saturated heterocycles. The number of piperazine rings is 1.